The molecule has 8 heteroatoms. The lowest BCUT2D eigenvalue weighted by Crippen LogP contribution is -2.31. The number of nitrogens with zero attached hydrogens (tertiary/aromatic N) is 4. The van der Waals surface area contributed by atoms with Crippen molar-refractivity contribution in [1.29, 1.82) is 0 Å². The summed E-state index contributed by atoms with van der Waals surface area (Å²) in [6.07, 6.45) is 0.874. The Labute approximate surface area is 156 Å². The Morgan fingerprint density at radius 2 is 2.04 bits per heavy atom. The van der Waals surface area contributed by atoms with Crippen molar-refractivity contribution in [3.05, 3.63) is 53.3 Å². The Hall–Kier alpha value is -2.80. The minimum atomic E-state index is -0.771. The standard InChI is InChI=1S/C18H20ClN5O2/c1-4-23-16(10-12(2)21-23)20-17(25)13(3)26-18-15(19)11-24(22-18)14-8-6-5-7-9-14/h5-11,13H,4H2,1-3H3,(H,20,25)/t13-/m1/s1. The van der Waals surface area contributed by atoms with Gasteiger partial charge in [0.25, 0.3) is 11.8 Å². The zero-order valence-electron chi connectivity index (χ0n) is 14.8. The van der Waals surface area contributed by atoms with Gasteiger partial charge in [0.1, 0.15) is 10.8 Å². The molecule has 0 saturated carbocycles. The van der Waals surface area contributed by atoms with Crippen LogP contribution < -0.4 is 10.1 Å². The Morgan fingerprint density at radius 3 is 2.73 bits per heavy atom. The molecule has 1 N–H and O–H groups in total. The first-order valence-corrected chi connectivity index (χ1v) is 8.68. The number of nitrogens with one attached hydrogen (secondary N) is 1. The average molecular weight is 374 g/mol. The van der Waals surface area contributed by atoms with Crippen molar-refractivity contribution in [2.75, 3.05) is 5.32 Å². The summed E-state index contributed by atoms with van der Waals surface area (Å²) in [5.74, 6) is 0.537. The molecule has 0 bridgehead atoms. The molecule has 3 aromatic rings. The number of carbonyl (C=O) groups is 1. The van der Waals surface area contributed by atoms with Gasteiger partial charge in [0.2, 0.25) is 0 Å². The third-order valence-electron chi connectivity index (χ3n) is 3.77. The highest BCUT2D eigenvalue weighted by Gasteiger charge is 2.20. The van der Waals surface area contributed by atoms with Crippen molar-refractivity contribution in [2.24, 2.45) is 0 Å². The fourth-order valence-electron chi connectivity index (χ4n) is 2.47. The summed E-state index contributed by atoms with van der Waals surface area (Å²) in [6.45, 7) is 6.13. The summed E-state index contributed by atoms with van der Waals surface area (Å²) in [6, 6.07) is 11.3. The number of amides is 1. The first-order valence-electron chi connectivity index (χ1n) is 8.30. The van der Waals surface area contributed by atoms with Crippen LogP contribution in [0.4, 0.5) is 5.82 Å². The van der Waals surface area contributed by atoms with E-state index in [1.807, 2.05) is 50.2 Å². The third-order valence-corrected chi connectivity index (χ3v) is 4.03. The zero-order chi connectivity index (χ0) is 18.7. The summed E-state index contributed by atoms with van der Waals surface area (Å²) < 4.78 is 8.98. The quantitative estimate of drug-likeness (QED) is 0.718. The minimum absolute atomic E-state index is 0.207. The molecular formula is C18H20ClN5O2. The molecule has 1 amide bonds. The fraction of sp³-hybridized carbons (Fsp3) is 0.278. The Kier molecular flexibility index (Phi) is 5.27. The Balaban J connectivity index is 1.70. The van der Waals surface area contributed by atoms with Crippen LogP contribution >= 0.6 is 11.6 Å². The van der Waals surface area contributed by atoms with Crippen LogP contribution in [0, 0.1) is 6.92 Å². The van der Waals surface area contributed by atoms with Crippen LogP contribution in [0.3, 0.4) is 0 Å². The number of hydrogen-bond donors (Lipinski definition) is 1. The van der Waals surface area contributed by atoms with E-state index in [1.54, 1.807) is 22.5 Å². The van der Waals surface area contributed by atoms with Gasteiger partial charge in [-0.25, -0.2) is 9.36 Å². The fourth-order valence-corrected chi connectivity index (χ4v) is 2.64. The van der Waals surface area contributed by atoms with Gasteiger partial charge >= 0.3 is 0 Å². The monoisotopic (exact) mass is 373 g/mol. The predicted octanol–water partition coefficient (Wildman–Crippen LogP) is 3.46. The van der Waals surface area contributed by atoms with Crippen molar-refractivity contribution < 1.29 is 9.53 Å². The van der Waals surface area contributed by atoms with Crippen LogP contribution in [0.2, 0.25) is 5.02 Å². The largest absolute Gasteiger partial charge is 0.462 e. The molecule has 1 atom stereocenters. The average Bonchev–Trinajstić information content (AvgIpc) is 3.18. The van der Waals surface area contributed by atoms with E-state index in [1.165, 1.54) is 0 Å². The lowest BCUT2D eigenvalue weighted by Gasteiger charge is -2.13. The SMILES string of the molecule is CCn1nc(C)cc1NC(=O)[C@@H](C)Oc1nn(-c2ccccc2)cc1Cl. The number of para-hydroxylation sites is 1. The molecule has 0 aliphatic carbocycles. The molecule has 2 aromatic heterocycles. The van der Waals surface area contributed by atoms with E-state index in [-0.39, 0.29) is 11.8 Å². The maximum atomic E-state index is 12.4. The smallest absolute Gasteiger partial charge is 0.266 e. The molecule has 7 nitrogen and oxygen atoms in total. The summed E-state index contributed by atoms with van der Waals surface area (Å²) in [5, 5.41) is 11.8. The van der Waals surface area contributed by atoms with Gasteiger partial charge in [0.05, 0.1) is 17.6 Å². The molecule has 0 fully saturated rings. The lowest BCUT2D eigenvalue weighted by atomic mass is 10.3. The molecule has 3 rings (SSSR count). The second kappa shape index (κ2) is 7.61. The normalized spacial score (nSPS) is 12.0. The number of aryl methyl sites for hydroxylation is 2. The molecule has 0 aliphatic rings. The molecule has 1 aromatic carbocycles. The van der Waals surface area contributed by atoms with Crippen molar-refractivity contribution in [1.82, 2.24) is 19.6 Å². The molecule has 26 heavy (non-hydrogen) atoms. The molecule has 0 saturated heterocycles. The van der Waals surface area contributed by atoms with E-state index < -0.39 is 6.10 Å². The van der Waals surface area contributed by atoms with Gasteiger partial charge in [-0.3, -0.25) is 4.79 Å². The van der Waals surface area contributed by atoms with Crippen LogP contribution in [0.5, 0.6) is 5.88 Å². The first-order chi connectivity index (χ1) is 12.5. The van der Waals surface area contributed by atoms with Crippen molar-refractivity contribution in [3.63, 3.8) is 0 Å². The van der Waals surface area contributed by atoms with Gasteiger partial charge in [-0.15, -0.1) is 5.10 Å². The number of ether oxygens (including phenoxy) is 1. The summed E-state index contributed by atoms with van der Waals surface area (Å²) in [5.41, 5.74) is 1.68. The predicted molar refractivity (Wildman–Crippen MR) is 99.9 cm³/mol. The number of anilines is 1. The van der Waals surface area contributed by atoms with E-state index in [4.69, 9.17) is 16.3 Å². The number of rotatable bonds is 6. The van der Waals surface area contributed by atoms with Crippen molar-refractivity contribution in [3.8, 4) is 11.6 Å². The molecular weight excluding hydrogens is 354 g/mol. The van der Waals surface area contributed by atoms with Crippen LogP contribution in [-0.2, 0) is 11.3 Å². The molecule has 0 unspecified atom stereocenters. The number of halogens is 1. The van der Waals surface area contributed by atoms with Crippen molar-refractivity contribution >= 4 is 23.3 Å². The number of benzene rings is 1. The molecule has 136 valence electrons. The van der Waals surface area contributed by atoms with Gasteiger partial charge < -0.3 is 10.1 Å². The lowest BCUT2D eigenvalue weighted by molar-refractivity contribution is -0.122. The van der Waals surface area contributed by atoms with Gasteiger partial charge in [-0.1, -0.05) is 29.8 Å². The molecule has 0 aliphatic heterocycles. The summed E-state index contributed by atoms with van der Waals surface area (Å²) in [4.78, 5) is 12.4. The van der Waals surface area contributed by atoms with Crippen molar-refractivity contribution in [2.45, 2.75) is 33.4 Å². The zero-order valence-corrected chi connectivity index (χ0v) is 15.6. The summed E-state index contributed by atoms with van der Waals surface area (Å²) in [7, 11) is 0. The topological polar surface area (TPSA) is 74.0 Å². The van der Waals surface area contributed by atoms with Gasteiger partial charge in [-0.2, -0.15) is 5.10 Å². The van der Waals surface area contributed by atoms with Crippen LogP contribution in [0.1, 0.15) is 19.5 Å². The van der Waals surface area contributed by atoms with E-state index in [9.17, 15) is 4.79 Å². The first kappa shape index (κ1) is 18.0. The highest BCUT2D eigenvalue weighted by atomic mass is 35.5. The maximum absolute atomic E-state index is 12.4. The van der Waals surface area contributed by atoms with E-state index in [2.05, 4.69) is 15.5 Å². The highest BCUT2D eigenvalue weighted by Crippen LogP contribution is 2.25. The third kappa shape index (κ3) is 3.88. The Bertz CT molecular complexity index is 904. The van der Waals surface area contributed by atoms with E-state index in [0.29, 0.717) is 17.4 Å². The summed E-state index contributed by atoms with van der Waals surface area (Å²) >= 11 is 6.20. The number of aromatic nitrogens is 4. The van der Waals surface area contributed by atoms with Crippen LogP contribution in [-0.4, -0.2) is 31.6 Å². The second-order valence-electron chi connectivity index (χ2n) is 5.80. The van der Waals surface area contributed by atoms with E-state index >= 15 is 0 Å². The van der Waals surface area contributed by atoms with Crippen LogP contribution in [0.15, 0.2) is 42.6 Å². The maximum Gasteiger partial charge on any atom is 0.266 e. The molecule has 0 radical (unpaired) electrons. The number of hydrogen-bond acceptors (Lipinski definition) is 4. The van der Waals surface area contributed by atoms with Gasteiger partial charge in [-0.05, 0) is 32.9 Å². The minimum Gasteiger partial charge on any atom is -0.462 e. The number of carbonyl (C=O) groups excluding carboxylic acids is 1. The molecule has 0 spiro atoms. The van der Waals surface area contributed by atoms with Gasteiger partial charge in [0, 0.05) is 12.6 Å². The van der Waals surface area contributed by atoms with E-state index in [0.717, 1.165) is 11.4 Å². The highest BCUT2D eigenvalue weighted by molar-refractivity contribution is 6.31. The molecule has 2 heterocycles. The van der Waals surface area contributed by atoms with Crippen LogP contribution in [0.25, 0.3) is 5.69 Å². The Morgan fingerprint density at radius 1 is 1.31 bits per heavy atom. The van der Waals surface area contributed by atoms with Gasteiger partial charge in [0.15, 0.2) is 6.10 Å². The second-order valence-corrected chi connectivity index (χ2v) is 6.21.